The molecule has 1 saturated heterocycles. The Morgan fingerprint density at radius 3 is 3.00 bits per heavy atom. The summed E-state index contributed by atoms with van der Waals surface area (Å²) in [5.41, 5.74) is 3.41. The van der Waals surface area contributed by atoms with Crippen LogP contribution in [0, 0.1) is 0 Å². The second-order valence-corrected chi connectivity index (χ2v) is 5.20. The summed E-state index contributed by atoms with van der Waals surface area (Å²) in [5, 5.41) is 0. The molecule has 1 amide bonds. The molecular weight excluding hydrogens is 213 g/mol. The Labute approximate surface area is 101 Å². The minimum atomic E-state index is -0.153. The summed E-state index contributed by atoms with van der Waals surface area (Å²) in [6.07, 6.45) is 2.85. The van der Waals surface area contributed by atoms with E-state index in [0.717, 1.165) is 24.9 Å². The van der Waals surface area contributed by atoms with Gasteiger partial charge in [-0.3, -0.25) is 4.90 Å². The van der Waals surface area contributed by atoms with Gasteiger partial charge in [0.1, 0.15) is 12.9 Å². The molecule has 1 unspecified atom stereocenters. The Balaban J connectivity index is 1.81. The van der Waals surface area contributed by atoms with Gasteiger partial charge in [-0.05, 0) is 30.9 Å². The summed E-state index contributed by atoms with van der Waals surface area (Å²) in [6, 6.07) is 6.55. The van der Waals surface area contributed by atoms with Gasteiger partial charge >= 0.3 is 6.09 Å². The third-order valence-electron chi connectivity index (χ3n) is 4.26. The third kappa shape index (κ3) is 1.11. The highest BCUT2D eigenvalue weighted by molar-refractivity contribution is 6.52. The molecule has 2 aliphatic heterocycles. The van der Waals surface area contributed by atoms with E-state index in [9.17, 15) is 4.79 Å². The largest absolute Gasteiger partial charge is 0.440 e. The molecule has 1 radical (unpaired) electrons. The predicted molar refractivity (Wildman–Crippen MR) is 66.1 cm³/mol. The van der Waals surface area contributed by atoms with Crippen LogP contribution >= 0.6 is 0 Å². The number of amides is 1. The van der Waals surface area contributed by atoms with Crippen molar-refractivity contribution in [3.8, 4) is 0 Å². The first-order valence-electron chi connectivity index (χ1n) is 6.18. The monoisotopic (exact) mass is 226 g/mol. The maximum absolute atomic E-state index is 11.9. The van der Waals surface area contributed by atoms with E-state index in [1.54, 1.807) is 0 Å². The molecule has 2 fully saturated rings. The van der Waals surface area contributed by atoms with Gasteiger partial charge in [-0.1, -0.05) is 24.4 Å². The van der Waals surface area contributed by atoms with Crippen LogP contribution < -0.4 is 10.4 Å². The Kier molecular flexibility index (Phi) is 1.61. The normalized spacial score (nSPS) is 26.8. The molecule has 1 saturated carbocycles. The van der Waals surface area contributed by atoms with Crippen molar-refractivity contribution < 1.29 is 9.53 Å². The zero-order chi connectivity index (χ0) is 11.6. The van der Waals surface area contributed by atoms with E-state index in [2.05, 4.69) is 19.4 Å². The summed E-state index contributed by atoms with van der Waals surface area (Å²) in [5.74, 6) is 0. The molecule has 1 aromatic rings. The number of hydrogen-bond donors (Lipinski definition) is 0. The van der Waals surface area contributed by atoms with E-state index in [1.165, 1.54) is 11.0 Å². The van der Waals surface area contributed by atoms with Gasteiger partial charge in [-0.15, -0.1) is 0 Å². The maximum Gasteiger partial charge on any atom is 0.415 e. The maximum atomic E-state index is 11.9. The lowest BCUT2D eigenvalue weighted by Crippen LogP contribution is -2.34. The topological polar surface area (TPSA) is 29.5 Å². The van der Waals surface area contributed by atoms with E-state index in [1.807, 2.05) is 17.8 Å². The molecule has 3 aliphatic rings. The number of anilines is 1. The average molecular weight is 226 g/mol. The van der Waals surface area contributed by atoms with Crippen LogP contribution in [0.25, 0.3) is 0 Å². The second kappa shape index (κ2) is 2.86. The van der Waals surface area contributed by atoms with E-state index in [0.29, 0.717) is 0 Å². The van der Waals surface area contributed by atoms with Crippen molar-refractivity contribution >= 4 is 24.5 Å². The number of carbonyl (C=O) groups excluding carboxylic acids is 1. The second-order valence-electron chi connectivity index (χ2n) is 5.20. The zero-order valence-corrected chi connectivity index (χ0v) is 9.77. The molecule has 4 rings (SSSR count). The molecule has 4 heteroatoms. The van der Waals surface area contributed by atoms with Gasteiger partial charge < -0.3 is 4.74 Å². The highest BCUT2D eigenvalue weighted by Gasteiger charge is 2.64. The molecule has 0 N–H and O–H groups in total. The van der Waals surface area contributed by atoms with Crippen LogP contribution in [-0.4, -0.2) is 25.0 Å². The van der Waals surface area contributed by atoms with Crippen molar-refractivity contribution in [2.24, 2.45) is 0 Å². The molecule has 1 spiro atoms. The van der Waals surface area contributed by atoms with Gasteiger partial charge in [0, 0.05) is 0 Å². The van der Waals surface area contributed by atoms with Crippen molar-refractivity contribution in [3.63, 3.8) is 0 Å². The number of ether oxygens (including phenoxy) is 1. The van der Waals surface area contributed by atoms with E-state index < -0.39 is 0 Å². The Morgan fingerprint density at radius 2 is 2.29 bits per heavy atom. The Hall–Kier alpha value is -1.45. The molecule has 0 bridgehead atoms. The first kappa shape index (κ1) is 9.57. The minimum Gasteiger partial charge on any atom is -0.440 e. The van der Waals surface area contributed by atoms with Crippen molar-refractivity contribution in [2.45, 2.75) is 37.7 Å². The number of nitrogens with zero attached hydrogens (tertiary/aromatic N) is 1. The quantitative estimate of drug-likeness (QED) is 0.678. The first-order valence-corrected chi connectivity index (χ1v) is 6.18. The van der Waals surface area contributed by atoms with Crippen LogP contribution in [0.3, 0.4) is 0 Å². The third-order valence-corrected chi connectivity index (χ3v) is 4.26. The van der Waals surface area contributed by atoms with Gasteiger partial charge in [0.2, 0.25) is 0 Å². The summed E-state index contributed by atoms with van der Waals surface area (Å²) >= 11 is 0. The highest BCUT2D eigenvalue weighted by Crippen LogP contribution is 2.54. The molecule has 85 valence electrons. The summed E-state index contributed by atoms with van der Waals surface area (Å²) < 4.78 is 5.52. The SMILES string of the molecule is C[B]c1ccc2c(c1)CC1N2C(=O)OC12CC2. The van der Waals surface area contributed by atoms with Gasteiger partial charge in [0.15, 0.2) is 0 Å². The molecule has 1 aromatic carbocycles. The van der Waals surface area contributed by atoms with Crippen LogP contribution in [0.15, 0.2) is 18.2 Å². The molecule has 1 atom stereocenters. The molecule has 1 aliphatic carbocycles. The Bertz CT molecular complexity index is 524. The lowest BCUT2D eigenvalue weighted by Gasteiger charge is -2.15. The lowest BCUT2D eigenvalue weighted by atomic mass is 9.73. The molecule has 17 heavy (non-hydrogen) atoms. The smallest absolute Gasteiger partial charge is 0.415 e. The van der Waals surface area contributed by atoms with E-state index in [-0.39, 0.29) is 17.7 Å². The van der Waals surface area contributed by atoms with E-state index in [4.69, 9.17) is 4.74 Å². The fourth-order valence-corrected chi connectivity index (χ4v) is 3.15. The first-order chi connectivity index (χ1) is 8.23. The van der Waals surface area contributed by atoms with Crippen molar-refractivity contribution in [1.82, 2.24) is 0 Å². The van der Waals surface area contributed by atoms with Crippen molar-refractivity contribution in [3.05, 3.63) is 23.8 Å². The number of hydrogen-bond acceptors (Lipinski definition) is 2. The lowest BCUT2D eigenvalue weighted by molar-refractivity contribution is 0.116. The summed E-state index contributed by atoms with van der Waals surface area (Å²) in [4.78, 5) is 13.8. The number of benzene rings is 1. The minimum absolute atomic E-state index is 0.147. The summed E-state index contributed by atoms with van der Waals surface area (Å²) in [6.45, 7) is 2.04. The Morgan fingerprint density at radius 1 is 1.47 bits per heavy atom. The number of carbonyl (C=O) groups is 1. The fourth-order valence-electron chi connectivity index (χ4n) is 3.15. The number of fused-ring (bicyclic) bond motifs is 4. The fraction of sp³-hybridized carbons (Fsp3) is 0.462. The zero-order valence-electron chi connectivity index (χ0n) is 9.77. The van der Waals surface area contributed by atoms with Crippen molar-refractivity contribution in [1.29, 1.82) is 0 Å². The molecule has 2 heterocycles. The molecule has 0 aromatic heterocycles. The van der Waals surface area contributed by atoms with Gasteiger partial charge in [0.05, 0.1) is 11.7 Å². The molecular formula is C13H13BNO2. The van der Waals surface area contributed by atoms with Crippen LogP contribution in [0.2, 0.25) is 6.82 Å². The highest BCUT2D eigenvalue weighted by atomic mass is 16.6. The number of rotatable bonds is 1. The van der Waals surface area contributed by atoms with E-state index >= 15 is 0 Å². The van der Waals surface area contributed by atoms with Crippen LogP contribution in [-0.2, 0) is 11.2 Å². The van der Waals surface area contributed by atoms with Gasteiger partial charge in [-0.2, -0.15) is 0 Å². The summed E-state index contributed by atoms with van der Waals surface area (Å²) in [7, 11) is 2.09. The molecule has 3 nitrogen and oxygen atoms in total. The van der Waals surface area contributed by atoms with Crippen LogP contribution in [0.1, 0.15) is 18.4 Å². The van der Waals surface area contributed by atoms with Crippen LogP contribution in [0.4, 0.5) is 10.5 Å². The standard InChI is InChI=1S/C13H13BNO2/c1-14-9-2-3-10-8(6-9)7-11-13(4-5-13)17-12(16)15(10)11/h2-3,6,11H,4-5,7H2,1H3. The van der Waals surface area contributed by atoms with Crippen molar-refractivity contribution in [2.75, 3.05) is 4.90 Å². The predicted octanol–water partition coefficient (Wildman–Crippen LogP) is 1.48. The van der Waals surface area contributed by atoms with Gasteiger partial charge in [-0.25, -0.2) is 4.79 Å². The van der Waals surface area contributed by atoms with Crippen LogP contribution in [0.5, 0.6) is 0 Å². The average Bonchev–Trinajstić information content (AvgIpc) is 2.92. The van der Waals surface area contributed by atoms with Gasteiger partial charge in [0.25, 0.3) is 0 Å².